The Morgan fingerprint density at radius 1 is 1.23 bits per heavy atom. The topological polar surface area (TPSA) is 92.7 Å². The molecule has 0 saturated carbocycles. The summed E-state index contributed by atoms with van der Waals surface area (Å²) in [5, 5.41) is 14.1. The van der Waals surface area contributed by atoms with Gasteiger partial charge in [0.1, 0.15) is 6.04 Å². The molecule has 26 heavy (non-hydrogen) atoms. The van der Waals surface area contributed by atoms with Gasteiger partial charge in [-0.2, -0.15) is 10.2 Å². The Morgan fingerprint density at radius 3 is 2.77 bits per heavy atom. The van der Waals surface area contributed by atoms with Crippen LogP contribution in [0.2, 0.25) is 0 Å². The van der Waals surface area contributed by atoms with Crippen LogP contribution in [0.3, 0.4) is 0 Å². The number of fused-ring (bicyclic) bond motifs is 1. The standard InChI is InChI=1S/C19H19N5O2/c1-12(24-18(25)11-14-3-2-4-17(14)23-24)19(26)21-15-7-5-13(6-8-15)16-9-10-20-22-16/h5-12H,2-4H2,1H3,(H,20,22)(H,21,26)/t12-/m0/s1. The van der Waals surface area contributed by atoms with Gasteiger partial charge in [0.15, 0.2) is 0 Å². The summed E-state index contributed by atoms with van der Waals surface area (Å²) in [6.45, 7) is 1.68. The van der Waals surface area contributed by atoms with Crippen molar-refractivity contribution >= 4 is 11.6 Å². The average molecular weight is 349 g/mol. The molecule has 132 valence electrons. The highest BCUT2D eigenvalue weighted by molar-refractivity contribution is 5.93. The number of carbonyl (C=O) groups excluding carboxylic acids is 1. The second-order valence-electron chi connectivity index (χ2n) is 6.47. The molecular formula is C19H19N5O2. The molecule has 2 aromatic heterocycles. The summed E-state index contributed by atoms with van der Waals surface area (Å²) in [6, 6.07) is 10.2. The fourth-order valence-electron chi connectivity index (χ4n) is 3.20. The minimum absolute atomic E-state index is 0.233. The molecule has 0 aliphatic heterocycles. The number of aromatic amines is 1. The Morgan fingerprint density at radius 2 is 2.04 bits per heavy atom. The molecule has 0 fully saturated rings. The lowest BCUT2D eigenvalue weighted by molar-refractivity contribution is -0.119. The highest BCUT2D eigenvalue weighted by Gasteiger charge is 2.21. The molecule has 2 N–H and O–H groups in total. The van der Waals surface area contributed by atoms with E-state index in [4.69, 9.17) is 0 Å². The SMILES string of the molecule is C[C@@H](C(=O)Nc1ccc(-c2ccn[nH]2)cc1)n1nc2c(cc1=O)CCC2. The van der Waals surface area contributed by atoms with E-state index in [0.717, 1.165) is 41.8 Å². The Balaban J connectivity index is 1.50. The van der Waals surface area contributed by atoms with Gasteiger partial charge in [0.2, 0.25) is 5.91 Å². The van der Waals surface area contributed by atoms with Crippen LogP contribution in [0.4, 0.5) is 5.69 Å². The fraction of sp³-hybridized carbons (Fsp3) is 0.263. The second-order valence-corrected chi connectivity index (χ2v) is 6.47. The Kier molecular flexibility index (Phi) is 4.12. The Bertz CT molecular complexity index is 990. The average Bonchev–Trinajstić information content (AvgIpc) is 3.32. The highest BCUT2D eigenvalue weighted by atomic mass is 16.2. The van der Waals surface area contributed by atoms with E-state index in [9.17, 15) is 9.59 Å². The van der Waals surface area contributed by atoms with Gasteiger partial charge < -0.3 is 5.32 Å². The summed E-state index contributed by atoms with van der Waals surface area (Å²) in [6.07, 6.45) is 4.45. The molecule has 0 radical (unpaired) electrons. The number of amides is 1. The third-order valence-corrected chi connectivity index (χ3v) is 4.69. The van der Waals surface area contributed by atoms with Crippen LogP contribution in [-0.4, -0.2) is 25.9 Å². The van der Waals surface area contributed by atoms with Gasteiger partial charge in [-0.3, -0.25) is 14.7 Å². The summed E-state index contributed by atoms with van der Waals surface area (Å²) < 4.78 is 1.28. The van der Waals surface area contributed by atoms with Crippen LogP contribution in [0.1, 0.15) is 30.6 Å². The summed E-state index contributed by atoms with van der Waals surface area (Å²) >= 11 is 0. The van der Waals surface area contributed by atoms with Crippen LogP contribution < -0.4 is 10.9 Å². The van der Waals surface area contributed by atoms with Gasteiger partial charge in [-0.05, 0) is 55.5 Å². The quantitative estimate of drug-likeness (QED) is 0.756. The van der Waals surface area contributed by atoms with Gasteiger partial charge in [-0.15, -0.1) is 0 Å². The molecule has 3 aromatic rings. The van der Waals surface area contributed by atoms with Gasteiger partial charge in [0.05, 0.1) is 11.4 Å². The summed E-state index contributed by atoms with van der Waals surface area (Å²) in [7, 11) is 0. The molecule has 2 heterocycles. The van der Waals surface area contributed by atoms with Gasteiger partial charge in [-0.25, -0.2) is 4.68 Å². The van der Waals surface area contributed by atoms with Gasteiger partial charge in [-0.1, -0.05) is 12.1 Å². The van der Waals surface area contributed by atoms with E-state index < -0.39 is 6.04 Å². The lowest BCUT2D eigenvalue weighted by Crippen LogP contribution is -2.33. The van der Waals surface area contributed by atoms with E-state index >= 15 is 0 Å². The monoisotopic (exact) mass is 349 g/mol. The zero-order valence-corrected chi connectivity index (χ0v) is 14.4. The summed E-state index contributed by atoms with van der Waals surface area (Å²) in [5.41, 5.74) is 4.25. The summed E-state index contributed by atoms with van der Waals surface area (Å²) in [4.78, 5) is 24.8. The Labute approximate surface area is 150 Å². The van der Waals surface area contributed by atoms with E-state index in [-0.39, 0.29) is 11.5 Å². The minimum Gasteiger partial charge on any atom is -0.324 e. The smallest absolute Gasteiger partial charge is 0.267 e. The number of nitrogens with zero attached hydrogens (tertiary/aromatic N) is 3. The molecule has 0 unspecified atom stereocenters. The second kappa shape index (κ2) is 6.59. The van der Waals surface area contributed by atoms with E-state index in [2.05, 4.69) is 20.6 Å². The molecule has 1 aromatic carbocycles. The molecule has 1 aliphatic rings. The van der Waals surface area contributed by atoms with E-state index in [1.54, 1.807) is 19.2 Å². The number of hydrogen-bond donors (Lipinski definition) is 2. The number of benzene rings is 1. The van der Waals surface area contributed by atoms with Crippen LogP contribution >= 0.6 is 0 Å². The van der Waals surface area contributed by atoms with Crippen molar-refractivity contribution in [3.63, 3.8) is 0 Å². The number of anilines is 1. The number of hydrogen-bond acceptors (Lipinski definition) is 4. The zero-order chi connectivity index (χ0) is 18.1. The number of nitrogens with one attached hydrogen (secondary N) is 2. The predicted octanol–water partition coefficient (Wildman–Crippen LogP) is 2.32. The van der Waals surface area contributed by atoms with E-state index in [0.29, 0.717) is 5.69 Å². The first-order chi connectivity index (χ1) is 12.6. The van der Waals surface area contributed by atoms with Crippen LogP contribution in [0, 0.1) is 0 Å². The maximum absolute atomic E-state index is 12.6. The van der Waals surface area contributed by atoms with Crippen molar-refractivity contribution in [3.8, 4) is 11.3 Å². The molecular weight excluding hydrogens is 330 g/mol. The van der Waals surface area contributed by atoms with Crippen LogP contribution in [0.5, 0.6) is 0 Å². The Hall–Kier alpha value is -3.22. The largest absolute Gasteiger partial charge is 0.324 e. The van der Waals surface area contributed by atoms with Crippen molar-refractivity contribution in [2.75, 3.05) is 5.32 Å². The number of rotatable bonds is 4. The number of aromatic nitrogens is 4. The molecule has 1 amide bonds. The molecule has 1 atom stereocenters. The molecule has 0 spiro atoms. The van der Waals surface area contributed by atoms with Crippen molar-refractivity contribution in [3.05, 3.63) is 64.2 Å². The lowest BCUT2D eigenvalue weighted by Gasteiger charge is -2.15. The first-order valence-electron chi connectivity index (χ1n) is 8.64. The fourth-order valence-corrected chi connectivity index (χ4v) is 3.20. The normalized spacial score (nSPS) is 14.0. The van der Waals surface area contributed by atoms with Crippen molar-refractivity contribution in [2.45, 2.75) is 32.2 Å². The first kappa shape index (κ1) is 16.3. The van der Waals surface area contributed by atoms with Crippen LogP contribution in [0.25, 0.3) is 11.3 Å². The molecule has 4 rings (SSSR count). The number of H-pyrrole nitrogens is 1. The van der Waals surface area contributed by atoms with Crippen molar-refractivity contribution in [1.29, 1.82) is 0 Å². The number of aryl methyl sites for hydroxylation is 2. The molecule has 0 bridgehead atoms. The van der Waals surface area contributed by atoms with Gasteiger partial charge in [0, 0.05) is 18.0 Å². The molecule has 7 nitrogen and oxygen atoms in total. The third kappa shape index (κ3) is 3.03. The molecule has 7 heteroatoms. The molecule has 0 saturated heterocycles. The maximum Gasteiger partial charge on any atom is 0.267 e. The number of carbonyl (C=O) groups is 1. The van der Waals surface area contributed by atoms with Gasteiger partial charge in [0.25, 0.3) is 5.56 Å². The predicted molar refractivity (Wildman–Crippen MR) is 97.9 cm³/mol. The molecule has 1 aliphatic carbocycles. The maximum atomic E-state index is 12.6. The van der Waals surface area contributed by atoms with Crippen molar-refractivity contribution in [1.82, 2.24) is 20.0 Å². The van der Waals surface area contributed by atoms with Crippen LogP contribution in [0.15, 0.2) is 47.4 Å². The third-order valence-electron chi connectivity index (χ3n) is 4.69. The summed E-state index contributed by atoms with van der Waals surface area (Å²) in [5.74, 6) is -0.271. The van der Waals surface area contributed by atoms with Crippen molar-refractivity contribution < 1.29 is 4.79 Å². The first-order valence-corrected chi connectivity index (χ1v) is 8.64. The van der Waals surface area contributed by atoms with E-state index in [1.165, 1.54) is 4.68 Å². The van der Waals surface area contributed by atoms with Crippen LogP contribution in [-0.2, 0) is 17.6 Å². The van der Waals surface area contributed by atoms with E-state index in [1.807, 2.05) is 30.3 Å². The highest BCUT2D eigenvalue weighted by Crippen LogP contribution is 2.20. The van der Waals surface area contributed by atoms with Crippen molar-refractivity contribution in [2.24, 2.45) is 0 Å². The van der Waals surface area contributed by atoms with Gasteiger partial charge >= 0.3 is 0 Å². The lowest BCUT2D eigenvalue weighted by atomic mass is 10.1. The zero-order valence-electron chi connectivity index (χ0n) is 14.4. The minimum atomic E-state index is -0.680.